The number of carbonyl (C=O) groups excluding carboxylic acids is 1. The van der Waals surface area contributed by atoms with E-state index >= 15 is 0 Å². The molecule has 29 heavy (non-hydrogen) atoms. The highest BCUT2D eigenvalue weighted by molar-refractivity contribution is 7.89. The van der Waals surface area contributed by atoms with Gasteiger partial charge in [0.25, 0.3) is 0 Å². The summed E-state index contributed by atoms with van der Waals surface area (Å²) < 4.78 is 64.4. The van der Waals surface area contributed by atoms with Gasteiger partial charge in [-0.15, -0.1) is 0 Å². The zero-order valence-electron chi connectivity index (χ0n) is 16.1. The van der Waals surface area contributed by atoms with Crippen molar-refractivity contribution in [3.63, 3.8) is 0 Å². The van der Waals surface area contributed by atoms with E-state index in [4.69, 9.17) is 0 Å². The first kappa shape index (κ1) is 22.9. The highest BCUT2D eigenvalue weighted by atomic mass is 32.2. The van der Waals surface area contributed by atoms with Crippen LogP contribution in [0, 0.1) is 13.8 Å². The van der Waals surface area contributed by atoms with Gasteiger partial charge in [0.05, 0.1) is 10.5 Å². The van der Waals surface area contributed by atoms with Gasteiger partial charge in [-0.25, -0.2) is 13.1 Å². The van der Waals surface area contributed by atoms with Crippen LogP contribution in [0.3, 0.4) is 0 Å². The second-order valence-electron chi connectivity index (χ2n) is 6.69. The third-order valence-electron chi connectivity index (χ3n) is 4.45. The molecule has 0 aromatic heterocycles. The Morgan fingerprint density at radius 1 is 0.966 bits per heavy atom. The van der Waals surface area contributed by atoms with E-state index in [1.165, 1.54) is 18.2 Å². The number of aryl methyl sites for hydroxylation is 2. The summed E-state index contributed by atoms with van der Waals surface area (Å²) >= 11 is 0. The van der Waals surface area contributed by atoms with Crippen LogP contribution in [0.2, 0.25) is 0 Å². The Morgan fingerprint density at radius 2 is 1.62 bits per heavy atom. The fourth-order valence-corrected chi connectivity index (χ4v) is 3.67. The molecule has 158 valence electrons. The molecule has 0 saturated carbocycles. The van der Waals surface area contributed by atoms with E-state index in [-0.39, 0.29) is 30.3 Å². The topological polar surface area (TPSA) is 75.3 Å². The first-order chi connectivity index (χ1) is 13.5. The molecule has 0 heterocycles. The molecule has 0 radical (unpaired) electrons. The summed E-state index contributed by atoms with van der Waals surface area (Å²) in [6, 6.07) is 9.53. The Morgan fingerprint density at radius 3 is 2.21 bits per heavy atom. The average Bonchev–Trinajstić information content (AvgIpc) is 2.63. The summed E-state index contributed by atoms with van der Waals surface area (Å²) in [5.41, 5.74) is 1.78. The summed E-state index contributed by atoms with van der Waals surface area (Å²) in [5, 5.41) is 2.62. The fraction of sp³-hybridized carbons (Fsp3) is 0.350. The first-order valence-corrected chi connectivity index (χ1v) is 10.5. The molecule has 0 atom stereocenters. The molecule has 2 N–H and O–H groups in total. The molecular weight excluding hydrogens is 405 g/mol. The number of amides is 1. The van der Waals surface area contributed by atoms with Crippen LogP contribution in [0.1, 0.15) is 28.7 Å². The van der Waals surface area contributed by atoms with Gasteiger partial charge >= 0.3 is 6.18 Å². The predicted molar refractivity (Wildman–Crippen MR) is 104 cm³/mol. The lowest BCUT2D eigenvalue weighted by Crippen LogP contribution is -2.31. The third kappa shape index (κ3) is 6.86. The fourth-order valence-electron chi connectivity index (χ4n) is 2.56. The molecule has 2 aromatic rings. The van der Waals surface area contributed by atoms with Crippen molar-refractivity contribution in [2.45, 2.75) is 37.8 Å². The molecule has 0 spiro atoms. The highest BCUT2D eigenvalue weighted by Gasteiger charge is 2.29. The minimum absolute atomic E-state index is 0.0446. The zero-order valence-corrected chi connectivity index (χ0v) is 17.0. The molecule has 0 bridgehead atoms. The number of sulfonamides is 1. The summed E-state index contributed by atoms with van der Waals surface area (Å²) in [6.07, 6.45) is -4.05. The van der Waals surface area contributed by atoms with Gasteiger partial charge in [-0.2, -0.15) is 13.2 Å². The molecule has 0 aliphatic rings. The Kier molecular flexibility index (Phi) is 7.43. The number of hydrogen-bond acceptors (Lipinski definition) is 3. The monoisotopic (exact) mass is 428 g/mol. The first-order valence-electron chi connectivity index (χ1n) is 8.99. The van der Waals surface area contributed by atoms with Gasteiger partial charge in [0.1, 0.15) is 0 Å². The van der Waals surface area contributed by atoms with Gasteiger partial charge in [-0.3, -0.25) is 4.79 Å². The van der Waals surface area contributed by atoms with Crippen LogP contribution in [0.5, 0.6) is 0 Å². The Balaban J connectivity index is 1.75. The molecule has 2 aromatic carbocycles. The summed E-state index contributed by atoms with van der Waals surface area (Å²) in [6.45, 7) is 3.89. The predicted octanol–water partition coefficient (Wildman–Crippen LogP) is 3.35. The van der Waals surface area contributed by atoms with E-state index in [2.05, 4.69) is 10.0 Å². The number of alkyl halides is 3. The summed E-state index contributed by atoms with van der Waals surface area (Å²) in [7, 11) is -3.70. The normalized spacial score (nSPS) is 12.0. The van der Waals surface area contributed by atoms with Crippen LogP contribution in [0.15, 0.2) is 47.4 Å². The lowest BCUT2D eigenvalue weighted by molar-refractivity contribution is -0.137. The zero-order chi connectivity index (χ0) is 21.7. The Hall–Kier alpha value is -2.39. The number of hydrogen-bond donors (Lipinski definition) is 2. The molecule has 0 aliphatic heterocycles. The number of rotatable bonds is 8. The summed E-state index contributed by atoms with van der Waals surface area (Å²) in [5.74, 6) is -0.348. The largest absolute Gasteiger partial charge is 0.416 e. The van der Waals surface area contributed by atoms with Gasteiger partial charge in [0.15, 0.2) is 0 Å². The number of carbonyl (C=O) groups is 1. The van der Waals surface area contributed by atoms with E-state index in [0.29, 0.717) is 12.0 Å². The van der Waals surface area contributed by atoms with Gasteiger partial charge < -0.3 is 5.32 Å². The van der Waals surface area contributed by atoms with Gasteiger partial charge in [-0.1, -0.05) is 18.2 Å². The third-order valence-corrected chi connectivity index (χ3v) is 5.91. The van der Waals surface area contributed by atoms with E-state index in [1.54, 1.807) is 12.1 Å². The molecule has 0 aliphatic carbocycles. The van der Waals surface area contributed by atoms with Crippen molar-refractivity contribution in [2.75, 3.05) is 13.1 Å². The van der Waals surface area contributed by atoms with E-state index in [0.717, 1.165) is 23.3 Å². The van der Waals surface area contributed by atoms with Crippen LogP contribution in [-0.4, -0.2) is 27.4 Å². The van der Waals surface area contributed by atoms with Crippen molar-refractivity contribution in [1.29, 1.82) is 0 Å². The maximum absolute atomic E-state index is 12.5. The van der Waals surface area contributed by atoms with Crippen molar-refractivity contribution in [3.05, 3.63) is 64.7 Å². The molecule has 5 nitrogen and oxygen atoms in total. The second-order valence-corrected chi connectivity index (χ2v) is 8.46. The molecular formula is C20H23F3N2O3S. The van der Waals surface area contributed by atoms with Crippen molar-refractivity contribution < 1.29 is 26.4 Å². The van der Waals surface area contributed by atoms with Crippen molar-refractivity contribution >= 4 is 15.9 Å². The molecule has 0 unspecified atom stereocenters. The van der Waals surface area contributed by atoms with Crippen LogP contribution < -0.4 is 10.0 Å². The van der Waals surface area contributed by atoms with Gasteiger partial charge in [-0.05, 0) is 61.2 Å². The van der Waals surface area contributed by atoms with Crippen molar-refractivity contribution in [3.8, 4) is 0 Å². The minimum Gasteiger partial charge on any atom is -0.356 e. The second kappa shape index (κ2) is 9.41. The van der Waals surface area contributed by atoms with Gasteiger partial charge in [0.2, 0.25) is 15.9 Å². The lowest BCUT2D eigenvalue weighted by atomic mass is 10.1. The lowest BCUT2D eigenvalue weighted by Gasteiger charge is -2.10. The Labute approximate surface area is 168 Å². The SMILES string of the molecule is Cc1ccc(S(=O)(=O)NCCC(=O)NCCc2ccc(C(F)(F)F)cc2)cc1C. The average molecular weight is 428 g/mol. The minimum atomic E-state index is -4.38. The van der Waals surface area contributed by atoms with Crippen LogP contribution in [0.25, 0.3) is 0 Å². The van der Waals surface area contributed by atoms with Crippen molar-refractivity contribution in [1.82, 2.24) is 10.0 Å². The van der Waals surface area contributed by atoms with E-state index in [1.807, 2.05) is 13.8 Å². The smallest absolute Gasteiger partial charge is 0.356 e. The van der Waals surface area contributed by atoms with E-state index < -0.39 is 21.8 Å². The van der Waals surface area contributed by atoms with Crippen molar-refractivity contribution in [2.24, 2.45) is 0 Å². The quantitative estimate of drug-likeness (QED) is 0.677. The van der Waals surface area contributed by atoms with E-state index in [9.17, 15) is 26.4 Å². The van der Waals surface area contributed by atoms with Crippen LogP contribution >= 0.6 is 0 Å². The molecule has 1 amide bonds. The standard InChI is InChI=1S/C20H23F3N2O3S/c1-14-3-8-18(13-15(14)2)29(27,28)25-12-10-19(26)24-11-9-16-4-6-17(7-5-16)20(21,22)23/h3-8,13,25H,9-12H2,1-2H3,(H,24,26). The molecule has 0 fully saturated rings. The highest BCUT2D eigenvalue weighted by Crippen LogP contribution is 2.29. The van der Waals surface area contributed by atoms with Crippen LogP contribution in [-0.2, 0) is 27.4 Å². The van der Waals surface area contributed by atoms with Gasteiger partial charge in [0, 0.05) is 19.5 Å². The maximum Gasteiger partial charge on any atom is 0.416 e. The molecule has 0 saturated heterocycles. The molecule has 2 rings (SSSR count). The van der Waals surface area contributed by atoms with Crippen LogP contribution in [0.4, 0.5) is 13.2 Å². The number of benzene rings is 2. The number of halogens is 3. The number of nitrogens with one attached hydrogen (secondary N) is 2. The maximum atomic E-state index is 12.5. The Bertz CT molecular complexity index is 956. The molecule has 9 heteroatoms. The summed E-state index contributed by atoms with van der Waals surface area (Å²) in [4.78, 5) is 12.0.